The van der Waals surface area contributed by atoms with Crippen molar-refractivity contribution in [3.05, 3.63) is 61.2 Å². The van der Waals surface area contributed by atoms with Crippen molar-refractivity contribution in [3.63, 3.8) is 0 Å². The quantitative estimate of drug-likeness (QED) is 0.407. The first-order valence-corrected chi connectivity index (χ1v) is 10.7. The van der Waals surface area contributed by atoms with Gasteiger partial charge >= 0.3 is 18.0 Å². The molecule has 1 N–H and O–H groups in total. The van der Waals surface area contributed by atoms with Crippen molar-refractivity contribution < 1.29 is 27.1 Å². The van der Waals surface area contributed by atoms with Crippen LogP contribution in [0.15, 0.2) is 32.5 Å². The van der Waals surface area contributed by atoms with Crippen molar-refractivity contribution in [2.24, 2.45) is 7.05 Å². The number of fused-ring (bicyclic) bond motifs is 1. The first-order chi connectivity index (χ1) is 15.6. The summed E-state index contributed by atoms with van der Waals surface area (Å²) in [6.45, 7) is -3.39. The zero-order valence-corrected chi connectivity index (χ0v) is 18.0. The van der Waals surface area contributed by atoms with E-state index in [1.54, 1.807) is 0 Å². The molecule has 0 spiro atoms. The number of halogens is 4. The summed E-state index contributed by atoms with van der Waals surface area (Å²) in [6, 6.07) is 1.56. The maximum atomic E-state index is 14.0. The molecular formula is C18H11F4N5O4S2. The van der Waals surface area contributed by atoms with Gasteiger partial charge in [-0.25, -0.2) is 32.3 Å². The third kappa shape index (κ3) is 4.49. The molecule has 0 saturated carbocycles. The number of aromatic nitrogens is 4. The van der Waals surface area contributed by atoms with Crippen LogP contribution in [0.1, 0.15) is 5.69 Å². The van der Waals surface area contributed by atoms with Gasteiger partial charge in [-0.3, -0.25) is 4.79 Å². The fourth-order valence-corrected chi connectivity index (χ4v) is 4.44. The number of benzene rings is 1. The molecule has 0 fully saturated rings. The van der Waals surface area contributed by atoms with Crippen LogP contribution in [-0.4, -0.2) is 31.5 Å². The van der Waals surface area contributed by atoms with E-state index in [9.17, 15) is 31.9 Å². The van der Waals surface area contributed by atoms with Crippen LogP contribution >= 0.6 is 22.7 Å². The van der Waals surface area contributed by atoms with Crippen LogP contribution in [0.2, 0.25) is 0 Å². The number of anilines is 1. The van der Waals surface area contributed by atoms with Gasteiger partial charge in [0.15, 0.2) is 22.5 Å². The molecule has 0 saturated heterocycles. The summed E-state index contributed by atoms with van der Waals surface area (Å²) >= 11 is 1.99. The third-order valence-electron chi connectivity index (χ3n) is 4.33. The molecule has 172 valence electrons. The van der Waals surface area contributed by atoms with Gasteiger partial charge in [-0.15, -0.1) is 22.7 Å². The summed E-state index contributed by atoms with van der Waals surface area (Å²) in [5.41, 5.74) is -1.02. The summed E-state index contributed by atoms with van der Waals surface area (Å²) < 4.78 is 58.2. The van der Waals surface area contributed by atoms with Gasteiger partial charge in [0.2, 0.25) is 10.9 Å². The third-order valence-corrected chi connectivity index (χ3v) is 5.96. The number of thiazole rings is 2. The van der Waals surface area contributed by atoms with E-state index in [1.807, 2.05) is 0 Å². The molecule has 33 heavy (non-hydrogen) atoms. The molecule has 3 heterocycles. The molecule has 0 bridgehead atoms. The van der Waals surface area contributed by atoms with Gasteiger partial charge in [-0.05, 0) is 12.1 Å². The molecule has 1 aromatic carbocycles. The average molecular weight is 501 g/mol. The fraction of sp³-hybridized carbons (Fsp3) is 0.167. The Labute approximate surface area is 188 Å². The fourth-order valence-electron chi connectivity index (χ4n) is 2.84. The smallest absolute Gasteiger partial charge is 0.387 e. The Morgan fingerprint density at radius 3 is 2.52 bits per heavy atom. The standard InChI is InChI=1S/C18H11F4N5O4S2/c1-26-16(29)25-17-27(18(26)30)8(5-33-17)4-12(28)24-15-23-11(6-32-15)7-2-9(19)13(10(20)3-7)31-14(21)22/h2-3,5-6,14H,4H2,1H3,(H,23,24,28). The average Bonchev–Trinajstić information content (AvgIpc) is 3.36. The second-order valence-corrected chi connectivity index (χ2v) is 8.19. The summed E-state index contributed by atoms with van der Waals surface area (Å²) in [7, 11) is 1.26. The highest BCUT2D eigenvalue weighted by molar-refractivity contribution is 7.15. The number of ether oxygens (including phenoxy) is 1. The van der Waals surface area contributed by atoms with E-state index in [4.69, 9.17) is 0 Å². The number of hydrogen-bond acceptors (Lipinski definition) is 8. The van der Waals surface area contributed by atoms with Gasteiger partial charge in [0.05, 0.1) is 12.1 Å². The van der Waals surface area contributed by atoms with E-state index >= 15 is 0 Å². The molecule has 4 aromatic rings. The zero-order valence-electron chi connectivity index (χ0n) is 16.3. The lowest BCUT2D eigenvalue weighted by atomic mass is 10.1. The highest BCUT2D eigenvalue weighted by Crippen LogP contribution is 2.31. The summed E-state index contributed by atoms with van der Waals surface area (Å²) in [4.78, 5) is 44.3. The van der Waals surface area contributed by atoms with Crippen LogP contribution in [0.3, 0.4) is 0 Å². The van der Waals surface area contributed by atoms with Crippen molar-refractivity contribution >= 4 is 38.7 Å². The number of rotatable bonds is 6. The van der Waals surface area contributed by atoms with Crippen molar-refractivity contribution in [1.82, 2.24) is 18.9 Å². The molecule has 0 aliphatic rings. The molecule has 0 radical (unpaired) electrons. The van der Waals surface area contributed by atoms with Crippen molar-refractivity contribution in [1.29, 1.82) is 0 Å². The molecule has 9 nitrogen and oxygen atoms in total. The largest absolute Gasteiger partial charge is 0.429 e. The maximum absolute atomic E-state index is 14.0. The lowest BCUT2D eigenvalue weighted by Crippen LogP contribution is -2.37. The molecule has 0 aliphatic heterocycles. The van der Waals surface area contributed by atoms with Gasteiger partial charge in [-0.1, -0.05) is 0 Å². The molecule has 3 aromatic heterocycles. The van der Waals surface area contributed by atoms with E-state index in [1.165, 1.54) is 17.8 Å². The van der Waals surface area contributed by atoms with Gasteiger partial charge in [0, 0.05) is 29.1 Å². The number of carbonyl (C=O) groups is 1. The minimum Gasteiger partial charge on any atom is -0.429 e. The molecule has 4 rings (SSSR count). The SMILES string of the molecule is Cn1c(=O)nc2scc(CC(=O)Nc3nc(-c4cc(F)c(OC(F)F)c(F)c4)cs3)n2c1=O. The first-order valence-electron chi connectivity index (χ1n) is 8.90. The van der Waals surface area contributed by atoms with Crippen molar-refractivity contribution in [2.75, 3.05) is 5.32 Å². The van der Waals surface area contributed by atoms with Gasteiger partial charge in [0.25, 0.3) is 0 Å². The predicted octanol–water partition coefficient (Wildman–Crippen LogP) is 2.64. The van der Waals surface area contributed by atoms with E-state index in [0.717, 1.165) is 43.8 Å². The highest BCUT2D eigenvalue weighted by atomic mass is 32.1. The summed E-state index contributed by atoms with van der Waals surface area (Å²) in [6.07, 6.45) is -0.238. The van der Waals surface area contributed by atoms with Gasteiger partial charge < -0.3 is 10.1 Å². The monoisotopic (exact) mass is 501 g/mol. The molecule has 0 atom stereocenters. The van der Waals surface area contributed by atoms with Crippen LogP contribution in [0.5, 0.6) is 5.75 Å². The Kier molecular flexibility index (Phi) is 5.99. The number of hydrogen-bond donors (Lipinski definition) is 1. The Balaban J connectivity index is 1.52. The van der Waals surface area contributed by atoms with Crippen molar-refractivity contribution in [3.8, 4) is 17.0 Å². The lowest BCUT2D eigenvalue weighted by Gasteiger charge is -2.08. The molecule has 1 amide bonds. The number of nitrogens with one attached hydrogen (secondary N) is 1. The maximum Gasteiger partial charge on any atom is 0.387 e. The predicted molar refractivity (Wildman–Crippen MR) is 111 cm³/mol. The highest BCUT2D eigenvalue weighted by Gasteiger charge is 2.19. The van der Waals surface area contributed by atoms with Gasteiger partial charge in [-0.2, -0.15) is 13.8 Å². The molecular weight excluding hydrogens is 490 g/mol. The Bertz CT molecular complexity index is 1470. The Morgan fingerprint density at radius 1 is 1.15 bits per heavy atom. The van der Waals surface area contributed by atoms with Gasteiger partial charge in [0.1, 0.15) is 0 Å². The second kappa shape index (κ2) is 8.74. The summed E-state index contributed by atoms with van der Waals surface area (Å²) in [5.74, 6) is -4.42. The first kappa shape index (κ1) is 22.6. The van der Waals surface area contributed by atoms with E-state index < -0.39 is 41.3 Å². The minimum atomic E-state index is -3.39. The van der Waals surface area contributed by atoms with Crippen LogP contribution in [0.25, 0.3) is 16.2 Å². The number of amides is 1. The normalized spacial score (nSPS) is 11.3. The Hall–Kier alpha value is -3.59. The minimum absolute atomic E-state index is 0.0502. The summed E-state index contributed by atoms with van der Waals surface area (Å²) in [5, 5.41) is 5.53. The second-order valence-electron chi connectivity index (χ2n) is 6.49. The molecule has 0 unspecified atom stereocenters. The van der Waals surface area contributed by atoms with E-state index in [-0.39, 0.29) is 27.8 Å². The zero-order chi connectivity index (χ0) is 23.9. The number of nitrogens with zero attached hydrogens (tertiary/aromatic N) is 4. The van der Waals surface area contributed by atoms with E-state index in [0.29, 0.717) is 5.69 Å². The topological polar surface area (TPSA) is 108 Å². The van der Waals surface area contributed by atoms with Crippen LogP contribution < -0.4 is 21.4 Å². The molecule has 15 heteroatoms. The number of carbonyl (C=O) groups excluding carboxylic acids is 1. The van der Waals surface area contributed by atoms with Crippen LogP contribution in [0, 0.1) is 11.6 Å². The van der Waals surface area contributed by atoms with E-state index in [2.05, 4.69) is 20.0 Å². The lowest BCUT2D eigenvalue weighted by molar-refractivity contribution is -0.115. The number of alkyl halides is 2. The van der Waals surface area contributed by atoms with Crippen LogP contribution in [0.4, 0.5) is 22.7 Å². The Morgan fingerprint density at radius 2 is 1.85 bits per heavy atom. The van der Waals surface area contributed by atoms with Crippen molar-refractivity contribution in [2.45, 2.75) is 13.0 Å². The van der Waals surface area contributed by atoms with Crippen LogP contribution in [-0.2, 0) is 18.3 Å². The molecule has 0 aliphatic carbocycles.